The van der Waals surface area contributed by atoms with Crippen LogP contribution in [0.2, 0.25) is 10.0 Å². The summed E-state index contributed by atoms with van der Waals surface area (Å²) in [4.78, 5) is 36.6. The number of carbonyl (C=O) groups is 3. The number of hydrogen-bond acceptors (Lipinski definition) is 5. The molecule has 0 radical (unpaired) electrons. The topological polar surface area (TPSA) is 89.5 Å². The third-order valence-electron chi connectivity index (χ3n) is 3.57. The van der Waals surface area contributed by atoms with Crippen molar-refractivity contribution >= 4 is 64.0 Å². The molecular formula is C17H8Cl3N2O4-. The summed E-state index contributed by atoms with van der Waals surface area (Å²) in [5, 5.41) is 13.6. The van der Waals surface area contributed by atoms with Gasteiger partial charge in [-0.3, -0.25) is 9.59 Å². The maximum absolute atomic E-state index is 12.6. The van der Waals surface area contributed by atoms with Crippen molar-refractivity contribution in [3.05, 3.63) is 68.8 Å². The highest BCUT2D eigenvalue weighted by molar-refractivity contribution is 6.53. The van der Waals surface area contributed by atoms with Crippen molar-refractivity contribution in [2.45, 2.75) is 0 Å². The Kier molecular flexibility index (Phi) is 4.91. The predicted molar refractivity (Wildman–Crippen MR) is 96.2 cm³/mol. The third-order valence-corrected chi connectivity index (χ3v) is 4.46. The quantitative estimate of drug-likeness (QED) is 0.783. The number of aromatic carboxylic acids is 1. The van der Waals surface area contributed by atoms with Crippen LogP contribution in [0.4, 0.5) is 11.4 Å². The van der Waals surface area contributed by atoms with E-state index in [1.807, 2.05) is 0 Å². The molecule has 0 atom stereocenters. The number of rotatable bonds is 4. The fourth-order valence-electron chi connectivity index (χ4n) is 2.33. The number of imide groups is 1. The van der Waals surface area contributed by atoms with E-state index >= 15 is 0 Å². The highest BCUT2D eigenvalue weighted by atomic mass is 35.5. The summed E-state index contributed by atoms with van der Waals surface area (Å²) in [6, 6.07) is 9.74. The molecule has 2 amide bonds. The fourth-order valence-corrected chi connectivity index (χ4v) is 3.03. The van der Waals surface area contributed by atoms with E-state index in [0.717, 1.165) is 4.90 Å². The van der Waals surface area contributed by atoms with Crippen LogP contribution >= 0.6 is 34.8 Å². The Labute approximate surface area is 162 Å². The number of carboxylic acid groups (broad SMARTS) is 1. The molecule has 2 aromatic carbocycles. The molecule has 0 bridgehead atoms. The summed E-state index contributed by atoms with van der Waals surface area (Å²) in [6.07, 6.45) is 0. The van der Waals surface area contributed by atoms with Crippen molar-refractivity contribution in [3.8, 4) is 0 Å². The number of anilines is 2. The van der Waals surface area contributed by atoms with Crippen LogP contribution in [0.15, 0.2) is 53.2 Å². The molecule has 0 fully saturated rings. The number of benzene rings is 2. The number of amides is 2. The second-order valence-corrected chi connectivity index (χ2v) is 6.44. The Morgan fingerprint density at radius 1 is 0.962 bits per heavy atom. The molecule has 6 nitrogen and oxygen atoms in total. The van der Waals surface area contributed by atoms with Crippen LogP contribution in [0.25, 0.3) is 0 Å². The first-order valence-corrected chi connectivity index (χ1v) is 8.25. The van der Waals surface area contributed by atoms with Crippen molar-refractivity contribution in [2.75, 3.05) is 10.2 Å². The van der Waals surface area contributed by atoms with Gasteiger partial charge in [-0.15, -0.1) is 0 Å². The van der Waals surface area contributed by atoms with Gasteiger partial charge in [0.05, 0.1) is 16.7 Å². The van der Waals surface area contributed by atoms with E-state index in [4.69, 9.17) is 34.8 Å². The smallest absolute Gasteiger partial charge is 0.283 e. The number of nitrogens with zero attached hydrogens (tertiary/aromatic N) is 1. The first-order valence-electron chi connectivity index (χ1n) is 7.11. The van der Waals surface area contributed by atoms with Crippen LogP contribution in [0.5, 0.6) is 0 Å². The minimum absolute atomic E-state index is 0.0287. The van der Waals surface area contributed by atoms with Gasteiger partial charge in [-0.1, -0.05) is 46.9 Å². The molecule has 0 aromatic heterocycles. The van der Waals surface area contributed by atoms with Gasteiger partial charge in [0.1, 0.15) is 10.7 Å². The standard InChI is InChI=1S/C17H9Cl3N2O4/c18-9-3-6-12(11(19)7-9)22-15(23)13(20)14(16(22)24)21-10-4-1-8(2-5-10)17(25)26/h1-7,21H,(H,25,26)/p-1. The van der Waals surface area contributed by atoms with Crippen molar-refractivity contribution in [3.63, 3.8) is 0 Å². The van der Waals surface area contributed by atoms with Gasteiger partial charge < -0.3 is 15.2 Å². The van der Waals surface area contributed by atoms with E-state index in [2.05, 4.69) is 5.32 Å². The van der Waals surface area contributed by atoms with Crippen LogP contribution in [0.1, 0.15) is 10.4 Å². The predicted octanol–water partition coefficient (Wildman–Crippen LogP) is 2.79. The van der Waals surface area contributed by atoms with Crippen LogP contribution in [0.3, 0.4) is 0 Å². The summed E-state index contributed by atoms with van der Waals surface area (Å²) in [5.41, 5.74) is 0.338. The SMILES string of the molecule is O=C([O-])c1ccc(NC2=C(Cl)C(=O)N(c3ccc(Cl)cc3Cl)C2=O)cc1. The minimum Gasteiger partial charge on any atom is -0.545 e. The third kappa shape index (κ3) is 3.26. The zero-order valence-corrected chi connectivity index (χ0v) is 15.0. The molecule has 2 aromatic rings. The van der Waals surface area contributed by atoms with E-state index in [0.29, 0.717) is 10.7 Å². The zero-order valence-electron chi connectivity index (χ0n) is 12.8. The Morgan fingerprint density at radius 2 is 1.62 bits per heavy atom. The largest absolute Gasteiger partial charge is 0.545 e. The van der Waals surface area contributed by atoms with Crippen LogP contribution in [-0.2, 0) is 9.59 Å². The average Bonchev–Trinajstić information content (AvgIpc) is 2.80. The van der Waals surface area contributed by atoms with Gasteiger partial charge in [0, 0.05) is 10.7 Å². The number of carbonyl (C=O) groups excluding carboxylic acids is 3. The maximum atomic E-state index is 12.6. The highest BCUT2D eigenvalue weighted by Gasteiger charge is 2.39. The summed E-state index contributed by atoms with van der Waals surface area (Å²) in [5.74, 6) is -2.77. The summed E-state index contributed by atoms with van der Waals surface area (Å²) in [7, 11) is 0. The van der Waals surface area contributed by atoms with E-state index in [-0.39, 0.29) is 27.0 Å². The monoisotopic (exact) mass is 409 g/mol. The Balaban J connectivity index is 1.90. The van der Waals surface area contributed by atoms with Gasteiger partial charge in [-0.2, -0.15) is 0 Å². The zero-order chi connectivity index (χ0) is 19.0. The maximum Gasteiger partial charge on any atom is 0.283 e. The van der Waals surface area contributed by atoms with Gasteiger partial charge in [0.2, 0.25) is 0 Å². The number of carboxylic acids is 1. The molecule has 0 saturated heterocycles. The summed E-state index contributed by atoms with van der Waals surface area (Å²) >= 11 is 17.9. The summed E-state index contributed by atoms with van der Waals surface area (Å²) < 4.78 is 0. The Hall–Kier alpha value is -2.54. The lowest BCUT2D eigenvalue weighted by Crippen LogP contribution is -2.32. The Bertz CT molecular complexity index is 970. The van der Waals surface area contributed by atoms with Gasteiger partial charge in [0.25, 0.3) is 11.8 Å². The molecule has 1 aliphatic heterocycles. The molecule has 1 heterocycles. The van der Waals surface area contributed by atoms with Crippen molar-refractivity contribution in [1.29, 1.82) is 0 Å². The Morgan fingerprint density at radius 3 is 2.19 bits per heavy atom. The molecule has 26 heavy (non-hydrogen) atoms. The van der Waals surface area contributed by atoms with E-state index in [1.54, 1.807) is 0 Å². The van der Waals surface area contributed by atoms with Crippen molar-refractivity contribution in [1.82, 2.24) is 0 Å². The van der Waals surface area contributed by atoms with E-state index in [1.165, 1.54) is 42.5 Å². The molecule has 1 aliphatic rings. The van der Waals surface area contributed by atoms with Gasteiger partial charge in [-0.25, -0.2) is 4.90 Å². The molecular weight excluding hydrogens is 403 g/mol. The average molecular weight is 411 g/mol. The molecule has 1 N–H and O–H groups in total. The highest BCUT2D eigenvalue weighted by Crippen LogP contribution is 2.35. The first kappa shape index (κ1) is 18.3. The summed E-state index contributed by atoms with van der Waals surface area (Å²) in [6.45, 7) is 0. The number of nitrogens with one attached hydrogen (secondary N) is 1. The molecule has 9 heteroatoms. The molecule has 0 saturated carbocycles. The van der Waals surface area contributed by atoms with E-state index < -0.39 is 17.8 Å². The lowest BCUT2D eigenvalue weighted by molar-refractivity contribution is -0.255. The fraction of sp³-hybridized carbons (Fsp3) is 0. The molecule has 0 aliphatic carbocycles. The first-order chi connectivity index (χ1) is 12.3. The van der Waals surface area contributed by atoms with Crippen molar-refractivity contribution < 1.29 is 19.5 Å². The van der Waals surface area contributed by atoms with Gasteiger partial charge in [-0.05, 0) is 35.9 Å². The molecule has 0 unspecified atom stereocenters. The lowest BCUT2D eigenvalue weighted by Gasteiger charge is -2.16. The van der Waals surface area contributed by atoms with Crippen LogP contribution in [-0.4, -0.2) is 17.8 Å². The van der Waals surface area contributed by atoms with Gasteiger partial charge >= 0.3 is 0 Å². The molecule has 0 spiro atoms. The molecule has 132 valence electrons. The lowest BCUT2D eigenvalue weighted by atomic mass is 10.2. The van der Waals surface area contributed by atoms with Gasteiger partial charge in [0.15, 0.2) is 0 Å². The van der Waals surface area contributed by atoms with E-state index in [9.17, 15) is 19.5 Å². The van der Waals surface area contributed by atoms with Crippen LogP contribution in [0, 0.1) is 0 Å². The normalized spacial score (nSPS) is 14.2. The van der Waals surface area contributed by atoms with Crippen LogP contribution < -0.4 is 15.3 Å². The second-order valence-electron chi connectivity index (χ2n) is 5.22. The van der Waals surface area contributed by atoms with Crippen molar-refractivity contribution in [2.24, 2.45) is 0 Å². The second kappa shape index (κ2) is 6.99. The number of hydrogen-bond donors (Lipinski definition) is 1. The number of halogens is 3. The molecule has 3 rings (SSSR count). The minimum atomic E-state index is -1.33.